The topological polar surface area (TPSA) is 9.23 Å². The molecule has 84 valence electrons. The lowest BCUT2D eigenvalue weighted by molar-refractivity contribution is 0.252. The van der Waals surface area contributed by atoms with E-state index < -0.39 is 0 Å². The predicted octanol–water partition coefficient (Wildman–Crippen LogP) is 4.49. The molecule has 0 unspecified atom stereocenters. The fourth-order valence-electron chi connectivity index (χ4n) is 1.92. The first kappa shape index (κ1) is 10.4. The Kier molecular flexibility index (Phi) is 2.62. The van der Waals surface area contributed by atoms with Crippen molar-refractivity contribution >= 4 is 17.7 Å². The molecule has 1 heterocycles. The lowest BCUT2D eigenvalue weighted by Gasteiger charge is -2.21. The van der Waals surface area contributed by atoms with Crippen LogP contribution in [-0.4, -0.2) is 0 Å². The third-order valence-corrected chi connectivity index (χ3v) is 3.07. The largest absolute Gasteiger partial charge is 0.481 e. The molecule has 0 aromatic heterocycles. The van der Waals surface area contributed by atoms with Crippen LogP contribution in [0.2, 0.25) is 5.02 Å². The van der Waals surface area contributed by atoms with E-state index in [-0.39, 0.29) is 6.10 Å². The summed E-state index contributed by atoms with van der Waals surface area (Å²) in [5, 5.41) is 0.744. The molecule has 1 atom stereocenters. The average molecular weight is 243 g/mol. The van der Waals surface area contributed by atoms with Crippen molar-refractivity contribution in [3.8, 4) is 5.75 Å². The highest BCUT2D eigenvalue weighted by Crippen LogP contribution is 2.32. The number of ether oxygens (including phenoxy) is 1. The molecule has 1 aliphatic heterocycles. The number of rotatable bonds is 1. The van der Waals surface area contributed by atoms with Crippen LogP contribution >= 0.6 is 11.6 Å². The van der Waals surface area contributed by atoms with Gasteiger partial charge >= 0.3 is 0 Å². The Balaban J connectivity index is 1.92. The van der Waals surface area contributed by atoms with Gasteiger partial charge in [-0.3, -0.25) is 0 Å². The smallest absolute Gasteiger partial charge is 0.142 e. The second kappa shape index (κ2) is 4.27. The Labute approximate surface area is 105 Å². The molecule has 0 aliphatic carbocycles. The number of hydrogen-bond acceptors (Lipinski definition) is 1. The van der Waals surface area contributed by atoms with Gasteiger partial charge in [-0.1, -0.05) is 48.0 Å². The summed E-state index contributed by atoms with van der Waals surface area (Å²) < 4.78 is 5.93. The van der Waals surface area contributed by atoms with E-state index in [1.54, 1.807) is 0 Å². The van der Waals surface area contributed by atoms with Gasteiger partial charge in [0.05, 0.1) is 0 Å². The van der Waals surface area contributed by atoms with Gasteiger partial charge in [-0.25, -0.2) is 0 Å². The molecule has 17 heavy (non-hydrogen) atoms. The predicted molar refractivity (Wildman–Crippen MR) is 70.3 cm³/mol. The van der Waals surface area contributed by atoms with Crippen molar-refractivity contribution in [2.45, 2.75) is 6.10 Å². The summed E-state index contributed by atoms with van der Waals surface area (Å²) in [4.78, 5) is 0. The van der Waals surface area contributed by atoms with Crippen molar-refractivity contribution in [1.82, 2.24) is 0 Å². The van der Waals surface area contributed by atoms with Crippen molar-refractivity contribution in [1.29, 1.82) is 0 Å². The van der Waals surface area contributed by atoms with Gasteiger partial charge in [-0.2, -0.15) is 0 Å². The van der Waals surface area contributed by atoms with E-state index in [1.165, 1.54) is 0 Å². The SMILES string of the molecule is Clc1ccc([C@H]2C=Cc3ccccc3O2)cc1. The molecule has 0 N–H and O–H groups in total. The summed E-state index contributed by atoms with van der Waals surface area (Å²) >= 11 is 5.87. The summed E-state index contributed by atoms with van der Waals surface area (Å²) in [6, 6.07) is 15.8. The van der Waals surface area contributed by atoms with Crippen molar-refractivity contribution in [2.24, 2.45) is 0 Å². The van der Waals surface area contributed by atoms with E-state index in [4.69, 9.17) is 16.3 Å². The highest BCUT2D eigenvalue weighted by molar-refractivity contribution is 6.30. The zero-order valence-electron chi connectivity index (χ0n) is 9.14. The van der Waals surface area contributed by atoms with Gasteiger partial charge in [0.15, 0.2) is 0 Å². The monoisotopic (exact) mass is 242 g/mol. The maximum atomic E-state index is 5.93. The lowest BCUT2D eigenvalue weighted by Crippen LogP contribution is -2.08. The maximum absolute atomic E-state index is 5.93. The second-order valence-electron chi connectivity index (χ2n) is 3.99. The van der Waals surface area contributed by atoms with E-state index in [0.29, 0.717) is 0 Å². The molecule has 1 nitrogen and oxygen atoms in total. The van der Waals surface area contributed by atoms with Gasteiger partial charge in [0.2, 0.25) is 0 Å². The number of halogens is 1. The standard InChI is InChI=1S/C15H11ClO/c16-13-8-5-12(6-9-13)15-10-7-11-3-1-2-4-14(11)17-15/h1-10,15H/t15-/m1/s1. The molecule has 1 aliphatic rings. The van der Waals surface area contributed by atoms with E-state index in [2.05, 4.69) is 12.2 Å². The minimum Gasteiger partial charge on any atom is -0.481 e. The number of fused-ring (bicyclic) bond motifs is 1. The molecule has 0 fully saturated rings. The minimum absolute atomic E-state index is 0.0258. The van der Waals surface area contributed by atoms with Gasteiger partial charge in [0.25, 0.3) is 0 Å². The van der Waals surface area contributed by atoms with Gasteiger partial charge in [0, 0.05) is 10.6 Å². The molecule has 2 aromatic carbocycles. The van der Waals surface area contributed by atoms with Crippen LogP contribution < -0.4 is 4.74 Å². The zero-order valence-corrected chi connectivity index (χ0v) is 9.89. The van der Waals surface area contributed by atoms with Crippen LogP contribution in [0.1, 0.15) is 17.2 Å². The van der Waals surface area contributed by atoms with E-state index in [1.807, 2.05) is 48.5 Å². The first-order valence-corrected chi connectivity index (χ1v) is 5.90. The zero-order chi connectivity index (χ0) is 11.7. The summed E-state index contributed by atoms with van der Waals surface area (Å²) in [6.45, 7) is 0. The molecule has 0 bridgehead atoms. The normalized spacial score (nSPS) is 17.4. The Bertz CT molecular complexity index is 557. The van der Waals surface area contributed by atoms with Crippen LogP contribution in [0.5, 0.6) is 5.75 Å². The van der Waals surface area contributed by atoms with Crippen molar-refractivity contribution < 1.29 is 4.74 Å². The van der Waals surface area contributed by atoms with Gasteiger partial charge in [-0.05, 0) is 29.8 Å². The second-order valence-corrected chi connectivity index (χ2v) is 4.42. The molecule has 0 saturated carbocycles. The van der Waals surface area contributed by atoms with E-state index in [9.17, 15) is 0 Å². The third kappa shape index (κ3) is 2.06. The summed E-state index contributed by atoms with van der Waals surface area (Å²) in [6.07, 6.45) is 4.13. The molecule has 2 aromatic rings. The molecular formula is C15H11ClO. The van der Waals surface area contributed by atoms with Crippen molar-refractivity contribution in [3.05, 3.63) is 70.8 Å². The van der Waals surface area contributed by atoms with E-state index >= 15 is 0 Å². The maximum Gasteiger partial charge on any atom is 0.142 e. The number of para-hydroxylation sites is 1. The van der Waals surface area contributed by atoms with Gasteiger partial charge in [0.1, 0.15) is 11.9 Å². The fourth-order valence-corrected chi connectivity index (χ4v) is 2.05. The van der Waals surface area contributed by atoms with Crippen molar-refractivity contribution in [3.63, 3.8) is 0 Å². The molecular weight excluding hydrogens is 232 g/mol. The highest BCUT2D eigenvalue weighted by atomic mass is 35.5. The summed E-state index contributed by atoms with van der Waals surface area (Å²) in [5.74, 6) is 0.926. The molecule has 0 saturated heterocycles. The third-order valence-electron chi connectivity index (χ3n) is 2.82. The quantitative estimate of drug-likeness (QED) is 0.716. The molecule has 2 heteroatoms. The van der Waals surface area contributed by atoms with Crippen LogP contribution in [0.3, 0.4) is 0 Å². The Morgan fingerprint density at radius 1 is 0.941 bits per heavy atom. The van der Waals surface area contributed by atoms with Crippen molar-refractivity contribution in [2.75, 3.05) is 0 Å². The first-order chi connectivity index (χ1) is 8.33. The van der Waals surface area contributed by atoms with Crippen LogP contribution in [0.4, 0.5) is 0 Å². The van der Waals surface area contributed by atoms with Gasteiger partial charge < -0.3 is 4.74 Å². The minimum atomic E-state index is -0.0258. The van der Waals surface area contributed by atoms with E-state index in [0.717, 1.165) is 21.9 Å². The van der Waals surface area contributed by atoms with Crippen LogP contribution in [-0.2, 0) is 0 Å². The Morgan fingerprint density at radius 2 is 1.71 bits per heavy atom. The first-order valence-electron chi connectivity index (χ1n) is 5.52. The van der Waals surface area contributed by atoms with Gasteiger partial charge in [-0.15, -0.1) is 0 Å². The molecule has 3 rings (SSSR count). The molecule has 0 spiro atoms. The summed E-state index contributed by atoms with van der Waals surface area (Å²) in [7, 11) is 0. The molecule has 0 amide bonds. The van der Waals surface area contributed by atoms with Crippen LogP contribution in [0, 0.1) is 0 Å². The van der Waals surface area contributed by atoms with Crippen LogP contribution in [0.25, 0.3) is 6.08 Å². The van der Waals surface area contributed by atoms with Crippen LogP contribution in [0.15, 0.2) is 54.6 Å². The number of benzene rings is 2. The summed E-state index contributed by atoms with van der Waals surface area (Å²) in [5.41, 5.74) is 2.23. The lowest BCUT2D eigenvalue weighted by atomic mass is 10.0. The molecule has 0 radical (unpaired) electrons. The fraction of sp³-hybridized carbons (Fsp3) is 0.0667. The highest BCUT2D eigenvalue weighted by Gasteiger charge is 2.15. The average Bonchev–Trinajstić information content (AvgIpc) is 2.39. The Hall–Kier alpha value is -1.73. The number of hydrogen-bond donors (Lipinski definition) is 0. The Morgan fingerprint density at radius 3 is 2.53 bits per heavy atom.